The quantitative estimate of drug-likeness (QED) is 0.00886. The van der Waals surface area contributed by atoms with Crippen LogP contribution in [0.5, 0.6) is 0 Å². The van der Waals surface area contributed by atoms with Gasteiger partial charge >= 0.3 is 24.1 Å². The van der Waals surface area contributed by atoms with Crippen LogP contribution in [0.15, 0.2) is 59.8 Å². The van der Waals surface area contributed by atoms with Gasteiger partial charge in [-0.15, -0.1) is 11.5 Å². The molecule has 0 radical (unpaired) electrons. The van der Waals surface area contributed by atoms with Gasteiger partial charge < -0.3 is 88.6 Å². The molecule has 6 aliphatic heterocycles. The van der Waals surface area contributed by atoms with Gasteiger partial charge in [-0.25, -0.2) is 28.0 Å². The average Bonchev–Trinajstić information content (AvgIpc) is 1.55. The number of aliphatic hydroxyl groups excluding tert-OH is 2. The summed E-state index contributed by atoms with van der Waals surface area (Å²) in [5.41, 5.74) is 11.3. The highest BCUT2D eigenvalue weighted by Gasteiger charge is 2.63. The van der Waals surface area contributed by atoms with E-state index >= 15 is 8.78 Å². The molecule has 6 fully saturated rings. The SMILES string of the molecule is C#Cc1cccc(N)c1.CC[C@H]1OC(=O)[C@@](C)(F)C(=O)[C@H](C)[C@@H](O[C@@H]2OC(C)CC(N(C)C)C2O)[C@](C)(OC)C[C@@H](C)C(=O)C[C@H]2N(CCCCN=[N+]=[N-])C(=O)O[C@]12C.CC[C@H]1OC(=O)[C@@](C)(F)C(=O)[C@H](C)[C@@H](O[C@@H]2OC(C)CC(N(C)C)C2O)[C@](C)(OC)C[C@@H](C)C(=O)C[C@H]2N(CCCCn3cc(-c4cccc(N)c4)nn3)C(=O)O[C@]12C. The number of esters is 2. The molecule has 2 aromatic carbocycles. The first kappa shape index (κ1) is 96.8. The first-order chi connectivity index (χ1) is 55.3. The highest BCUT2D eigenvalue weighted by atomic mass is 19.1. The zero-order chi connectivity index (χ0) is 88.1. The van der Waals surface area contributed by atoms with E-state index in [-0.39, 0.29) is 94.0 Å². The fraction of sp³-hybridized carbons (Fsp3) is 0.714. The Morgan fingerprint density at radius 1 is 0.644 bits per heavy atom. The van der Waals surface area contributed by atoms with Crippen LogP contribution in [0.2, 0.25) is 0 Å². The molecular formula is C84H126F2N12O20. The van der Waals surface area contributed by atoms with Crippen LogP contribution in [-0.2, 0) is 82.7 Å². The number of halogens is 2. The monoisotopic (exact) mass is 1660 g/mol. The summed E-state index contributed by atoms with van der Waals surface area (Å²) >= 11 is 0. The molecule has 1 aromatic heterocycles. The Bertz CT molecular complexity index is 4070. The summed E-state index contributed by atoms with van der Waals surface area (Å²) in [4.78, 5) is 121. The van der Waals surface area contributed by atoms with Gasteiger partial charge in [0.05, 0.1) is 53.9 Å². The number of likely N-dealkylation sites (N-methyl/N-ethyl adjacent to an activating group) is 2. The number of ketones is 4. The van der Waals surface area contributed by atoms with Crippen LogP contribution in [0.1, 0.15) is 180 Å². The molecule has 24 atom stereocenters. The molecule has 6 aliphatic rings. The number of fused-ring (bicyclic) bond motifs is 2. The molecule has 34 heteroatoms. The molecular weight excluding hydrogens is 1530 g/mol. The van der Waals surface area contributed by atoms with Crippen LogP contribution in [0.3, 0.4) is 0 Å². The Morgan fingerprint density at radius 2 is 1.06 bits per heavy atom. The third-order valence-electron chi connectivity index (χ3n) is 24.4. The molecule has 6 N–H and O–H groups in total. The summed E-state index contributed by atoms with van der Waals surface area (Å²) in [6.07, 6.45) is -2.27. The number of amides is 2. The van der Waals surface area contributed by atoms with Crippen LogP contribution < -0.4 is 11.5 Å². The third kappa shape index (κ3) is 22.2. The van der Waals surface area contributed by atoms with E-state index in [0.717, 1.165) is 25.0 Å². The number of anilines is 2. The molecule has 32 nitrogen and oxygen atoms in total. The zero-order valence-electron chi connectivity index (χ0n) is 72.1. The number of azide groups is 1. The second-order valence-corrected chi connectivity index (χ2v) is 33.9. The van der Waals surface area contributed by atoms with Crippen molar-refractivity contribution in [2.24, 2.45) is 28.8 Å². The number of carbonyl (C=O) groups is 8. The number of aliphatic hydroxyl groups is 2. The molecule has 0 bridgehead atoms. The number of ether oxygens (including phenoxy) is 10. The zero-order valence-corrected chi connectivity index (χ0v) is 72.1. The van der Waals surface area contributed by atoms with Crippen LogP contribution in [0, 0.1) is 36.0 Å². The van der Waals surface area contributed by atoms with Crippen molar-refractivity contribution >= 4 is 58.6 Å². The number of nitrogen functional groups attached to an aromatic ring is 2. The number of aryl methyl sites for hydroxylation is 1. The number of rotatable bonds is 21. The molecule has 9 rings (SSSR count). The molecule has 6 unspecified atom stereocenters. The van der Waals surface area contributed by atoms with Gasteiger partial charge in [0.25, 0.3) is 11.3 Å². The second-order valence-electron chi connectivity index (χ2n) is 33.9. The van der Waals surface area contributed by atoms with E-state index < -0.39 is 154 Å². The van der Waals surface area contributed by atoms with Crippen molar-refractivity contribution in [1.82, 2.24) is 34.6 Å². The number of nitrogens with two attached hydrogens (primary N) is 2. The lowest BCUT2D eigenvalue weighted by atomic mass is 9.75. The number of cyclic esters (lactones) is 2. The van der Waals surface area contributed by atoms with Crippen molar-refractivity contribution in [2.45, 2.75) is 300 Å². The summed E-state index contributed by atoms with van der Waals surface area (Å²) in [5, 5.41) is 34.7. The molecule has 3 aromatic rings. The van der Waals surface area contributed by atoms with Crippen molar-refractivity contribution < 1.29 is 105 Å². The predicted octanol–water partition coefficient (Wildman–Crippen LogP) is 9.73. The first-order valence-corrected chi connectivity index (χ1v) is 40.7. The number of hydrogen-bond acceptors (Lipinski definition) is 27. The Balaban J connectivity index is 0.000000297. The Morgan fingerprint density at radius 3 is 1.44 bits per heavy atom. The highest BCUT2D eigenvalue weighted by molar-refractivity contribution is 6.08. The standard InChI is InChI=1S/C42H63FN6O10.C34H56FN5O10.C8H7N/c1-11-33-42(7)32(49(39(54)59-42)18-13-12-17-48-23-29(45-46-48)27-15-14-16-28(44)20-27)21-31(50)24(2)22-40(5,55-10)36(26(4)35(52)41(6,43)38(53)57-33)58-37-34(51)30(47(8)9)19-25(3)56-37;1-11-25-34(7)24(40(31(45)50-34)15-13-12-14-37-38-36)17-23(41)19(2)18-32(5,46-10)28(21(4)27(43)33(6,35)30(44)48-25)49-29-26(42)22(39(8)9)16-20(3)47-29;1-2-7-4-3-5-8(9)6-7/h14-16,20,23-26,30,32-34,36-37,51H,11-13,17-19,21-22,44H2,1-10H3;19-22,24-26,28-29,42H,11-18H2,1-10H3;1,3-6H,9H2/t24-,25?,26+,30?,32-,33-,34?,36-,37+,40-,41+,42+;19-,20?,21+,22?,24-,25-,26?,28-,29+,32-,33+,34+;/m11./s1. The van der Waals surface area contributed by atoms with Gasteiger partial charge in [-0.2, -0.15) is 0 Å². The number of carbonyl (C=O) groups excluding carboxylic acids is 8. The molecule has 656 valence electrons. The lowest BCUT2D eigenvalue weighted by Gasteiger charge is -2.47. The van der Waals surface area contributed by atoms with Gasteiger partial charge in [0, 0.05) is 116 Å². The summed E-state index contributed by atoms with van der Waals surface area (Å²) in [6, 6.07) is 12.0. The van der Waals surface area contributed by atoms with Crippen molar-refractivity contribution in [2.75, 3.05) is 73.5 Å². The number of benzene rings is 2. The number of methoxy groups -OCH3 is 2. The molecule has 6 saturated heterocycles. The fourth-order valence-corrected chi connectivity index (χ4v) is 17.2. The van der Waals surface area contributed by atoms with E-state index in [1.54, 1.807) is 78.3 Å². The van der Waals surface area contributed by atoms with Crippen molar-refractivity contribution in [3.05, 3.63) is 70.7 Å². The van der Waals surface area contributed by atoms with E-state index in [1.165, 1.54) is 37.9 Å². The largest absolute Gasteiger partial charge is 0.455 e. The van der Waals surface area contributed by atoms with Gasteiger partial charge in [-0.1, -0.05) is 76.0 Å². The minimum atomic E-state index is -3.18. The topological polar surface area (TPSA) is 414 Å². The Kier molecular flexibility index (Phi) is 33.5. The van der Waals surface area contributed by atoms with Gasteiger partial charge in [-0.3, -0.25) is 23.9 Å². The number of Topliss-reactive ketones (excluding diaryl/α,β-unsaturated/α-hetero) is 4. The van der Waals surface area contributed by atoms with Gasteiger partial charge in [0.15, 0.2) is 35.3 Å². The van der Waals surface area contributed by atoms with Crippen LogP contribution in [-0.4, -0.2) is 273 Å². The van der Waals surface area contributed by atoms with Crippen molar-refractivity contribution in [3.63, 3.8) is 0 Å². The first-order valence-electron chi connectivity index (χ1n) is 40.7. The molecule has 0 saturated carbocycles. The maximum Gasteiger partial charge on any atom is 0.410 e. The molecule has 0 spiro atoms. The normalized spacial score (nSPS) is 35.9. The predicted molar refractivity (Wildman–Crippen MR) is 432 cm³/mol. The fourth-order valence-electron chi connectivity index (χ4n) is 17.2. The number of terminal acetylenes is 1. The lowest BCUT2D eigenvalue weighted by molar-refractivity contribution is -0.295. The van der Waals surface area contributed by atoms with Crippen LogP contribution >= 0.6 is 0 Å². The summed E-state index contributed by atoms with van der Waals surface area (Å²) in [6.45, 7) is 22.4. The van der Waals surface area contributed by atoms with Crippen LogP contribution in [0.4, 0.5) is 29.7 Å². The maximum absolute atomic E-state index is 16.8. The van der Waals surface area contributed by atoms with Gasteiger partial charge in [0.1, 0.15) is 41.7 Å². The van der Waals surface area contributed by atoms with E-state index in [0.29, 0.717) is 62.1 Å². The summed E-state index contributed by atoms with van der Waals surface area (Å²) in [5.74, 6) is -7.44. The summed E-state index contributed by atoms with van der Waals surface area (Å²) in [7, 11) is 10.0. The van der Waals surface area contributed by atoms with Crippen molar-refractivity contribution in [1.29, 1.82) is 0 Å². The smallest absolute Gasteiger partial charge is 0.410 e. The minimum Gasteiger partial charge on any atom is -0.455 e. The van der Waals surface area contributed by atoms with E-state index in [4.69, 9.17) is 70.8 Å². The minimum absolute atomic E-state index is 0.00153. The number of nitrogens with zero attached hydrogens (tertiary/aromatic N) is 10. The Hall–Kier alpha value is -8.33. The van der Waals surface area contributed by atoms with Gasteiger partial charge in [-0.05, 0) is 184 Å². The van der Waals surface area contributed by atoms with E-state index in [1.807, 2.05) is 88.4 Å². The van der Waals surface area contributed by atoms with Crippen molar-refractivity contribution in [3.8, 4) is 23.6 Å². The molecule has 7 heterocycles. The second kappa shape index (κ2) is 40.8. The summed E-state index contributed by atoms with van der Waals surface area (Å²) < 4.78 is 95.4. The van der Waals surface area contributed by atoms with Gasteiger partial charge in [0.2, 0.25) is 0 Å². The number of hydrogen-bond donors (Lipinski definition) is 4. The van der Waals surface area contributed by atoms with E-state index in [9.17, 15) is 48.6 Å². The average molecular weight is 1660 g/mol. The Labute approximate surface area is 691 Å². The van der Waals surface area contributed by atoms with Crippen LogP contribution in [0.25, 0.3) is 21.7 Å². The maximum atomic E-state index is 16.8. The number of unbranched alkanes of at least 4 members (excludes halogenated alkanes) is 2. The number of alkyl halides is 2. The highest BCUT2D eigenvalue weighted by Crippen LogP contribution is 2.46. The molecule has 0 aliphatic carbocycles. The molecule has 2 amide bonds. The van der Waals surface area contributed by atoms with E-state index in [2.05, 4.69) is 26.3 Å². The number of aromatic nitrogens is 3. The molecule has 118 heavy (non-hydrogen) atoms. The lowest BCUT2D eigenvalue weighted by Crippen LogP contribution is -2.61. The third-order valence-corrected chi connectivity index (χ3v) is 24.4.